The highest BCUT2D eigenvalue weighted by molar-refractivity contribution is 7.92. The predicted octanol–water partition coefficient (Wildman–Crippen LogP) is 4.34. The third-order valence-electron chi connectivity index (χ3n) is 5.11. The Bertz CT molecular complexity index is 1550. The van der Waals surface area contributed by atoms with Gasteiger partial charge in [0.1, 0.15) is 23.9 Å². The molecule has 10 nitrogen and oxygen atoms in total. The van der Waals surface area contributed by atoms with Crippen LogP contribution in [0.2, 0.25) is 0 Å². The number of anilines is 1. The van der Waals surface area contributed by atoms with Crippen molar-refractivity contribution in [1.29, 1.82) is 0 Å². The van der Waals surface area contributed by atoms with Gasteiger partial charge in [0, 0.05) is 17.7 Å². The van der Waals surface area contributed by atoms with Gasteiger partial charge < -0.3 is 4.42 Å². The van der Waals surface area contributed by atoms with Crippen molar-refractivity contribution in [1.82, 2.24) is 5.43 Å². The third-order valence-corrected chi connectivity index (χ3v) is 6.88. The molecule has 1 amide bonds. The Morgan fingerprint density at radius 1 is 1.00 bits per heavy atom. The summed E-state index contributed by atoms with van der Waals surface area (Å²) in [6.07, 6.45) is 1.20. The second kappa shape index (κ2) is 10.8. The van der Waals surface area contributed by atoms with Crippen LogP contribution in [0.15, 0.2) is 105 Å². The highest BCUT2D eigenvalue weighted by atomic mass is 32.2. The van der Waals surface area contributed by atoms with Crippen molar-refractivity contribution in [3.63, 3.8) is 0 Å². The van der Waals surface area contributed by atoms with Crippen molar-refractivity contribution in [3.8, 4) is 11.3 Å². The average molecular weight is 523 g/mol. The molecule has 4 aromatic rings. The quantitative estimate of drug-likeness (QED) is 0.197. The van der Waals surface area contributed by atoms with Crippen LogP contribution >= 0.6 is 0 Å². The number of non-ortho nitro benzene ring substituents is 1. The molecule has 1 heterocycles. The summed E-state index contributed by atoms with van der Waals surface area (Å²) in [7, 11) is -4.26. The molecule has 0 unspecified atom stereocenters. The van der Waals surface area contributed by atoms with E-state index < -0.39 is 33.2 Å². The van der Waals surface area contributed by atoms with Gasteiger partial charge in [-0.25, -0.2) is 18.2 Å². The normalized spacial score (nSPS) is 11.4. The van der Waals surface area contributed by atoms with Crippen molar-refractivity contribution in [2.75, 3.05) is 10.8 Å². The number of nitro groups is 1. The summed E-state index contributed by atoms with van der Waals surface area (Å²) in [5.41, 5.74) is 2.46. The molecule has 37 heavy (non-hydrogen) atoms. The number of halogens is 1. The van der Waals surface area contributed by atoms with E-state index >= 15 is 0 Å². The molecule has 3 aromatic carbocycles. The summed E-state index contributed by atoms with van der Waals surface area (Å²) < 4.78 is 47.2. The standard InChI is InChI=1S/C25H19FN4O6S/c26-22-8-4-5-9-23(22)29(37(34,35)21-6-2-1-3-7-21)17-25(31)28-27-16-20-14-15-24(36-20)18-10-12-19(13-11-18)30(32)33/h1-16H,17H2,(H,28,31)/b27-16-. The minimum Gasteiger partial charge on any atom is -0.455 e. The molecule has 0 bridgehead atoms. The number of hydrogen-bond donors (Lipinski definition) is 1. The maximum Gasteiger partial charge on any atom is 0.269 e. The molecule has 0 aliphatic heterocycles. The van der Waals surface area contributed by atoms with Crippen LogP contribution in [0.25, 0.3) is 11.3 Å². The monoisotopic (exact) mass is 522 g/mol. The maximum absolute atomic E-state index is 14.5. The number of carbonyl (C=O) groups is 1. The topological polar surface area (TPSA) is 135 Å². The second-order valence-electron chi connectivity index (χ2n) is 7.58. The summed E-state index contributed by atoms with van der Waals surface area (Å²) in [6.45, 7) is -0.734. The number of rotatable bonds is 9. The number of amides is 1. The molecule has 0 atom stereocenters. The van der Waals surface area contributed by atoms with Gasteiger partial charge >= 0.3 is 0 Å². The number of sulfonamides is 1. The third kappa shape index (κ3) is 5.87. The molecule has 0 saturated carbocycles. The Morgan fingerprint density at radius 2 is 1.68 bits per heavy atom. The van der Waals surface area contributed by atoms with Crippen LogP contribution in [-0.2, 0) is 14.8 Å². The van der Waals surface area contributed by atoms with E-state index in [9.17, 15) is 27.7 Å². The van der Waals surface area contributed by atoms with Gasteiger partial charge in [-0.1, -0.05) is 30.3 Å². The molecule has 1 N–H and O–H groups in total. The van der Waals surface area contributed by atoms with Gasteiger partial charge in [0.25, 0.3) is 21.6 Å². The van der Waals surface area contributed by atoms with Gasteiger partial charge in [0.05, 0.1) is 21.7 Å². The smallest absolute Gasteiger partial charge is 0.269 e. The van der Waals surface area contributed by atoms with E-state index in [2.05, 4.69) is 10.5 Å². The number of benzene rings is 3. The first kappa shape index (κ1) is 25.3. The van der Waals surface area contributed by atoms with Crippen LogP contribution in [0.5, 0.6) is 0 Å². The molecule has 0 aliphatic carbocycles. The number of furan rings is 1. The number of nitro benzene ring substituents is 1. The Balaban J connectivity index is 1.48. The molecule has 0 saturated heterocycles. The molecule has 188 valence electrons. The largest absolute Gasteiger partial charge is 0.455 e. The lowest BCUT2D eigenvalue weighted by Gasteiger charge is -2.24. The van der Waals surface area contributed by atoms with Gasteiger partial charge in [-0.3, -0.25) is 19.2 Å². The summed E-state index contributed by atoms with van der Waals surface area (Å²) in [6, 6.07) is 21.5. The lowest BCUT2D eigenvalue weighted by Crippen LogP contribution is -2.40. The molecule has 12 heteroatoms. The minimum absolute atomic E-state index is 0.0569. The van der Waals surface area contributed by atoms with Gasteiger partial charge in [-0.15, -0.1) is 0 Å². The average Bonchev–Trinajstić information content (AvgIpc) is 3.37. The lowest BCUT2D eigenvalue weighted by atomic mass is 10.1. The van der Waals surface area contributed by atoms with Crippen molar-refractivity contribution < 1.29 is 26.9 Å². The van der Waals surface area contributed by atoms with Crippen molar-refractivity contribution in [3.05, 3.63) is 113 Å². The number of carbonyl (C=O) groups excluding carboxylic acids is 1. The Kier molecular flexibility index (Phi) is 7.39. The molecule has 0 fully saturated rings. The van der Waals surface area contributed by atoms with E-state index in [4.69, 9.17) is 4.42 Å². The van der Waals surface area contributed by atoms with Crippen LogP contribution < -0.4 is 9.73 Å². The maximum atomic E-state index is 14.5. The predicted molar refractivity (Wildman–Crippen MR) is 134 cm³/mol. The van der Waals surface area contributed by atoms with Crippen LogP contribution in [-0.4, -0.2) is 32.0 Å². The second-order valence-corrected chi connectivity index (χ2v) is 9.44. The van der Waals surface area contributed by atoms with E-state index in [0.717, 1.165) is 6.07 Å². The van der Waals surface area contributed by atoms with Gasteiger partial charge in [0.2, 0.25) is 0 Å². The van der Waals surface area contributed by atoms with E-state index in [1.807, 2.05) is 0 Å². The van der Waals surface area contributed by atoms with E-state index in [1.165, 1.54) is 72.9 Å². The highest BCUT2D eigenvalue weighted by Crippen LogP contribution is 2.26. The van der Waals surface area contributed by atoms with E-state index in [0.29, 0.717) is 15.6 Å². The molecular formula is C25H19FN4O6S. The Hall–Kier alpha value is -4.84. The number of para-hydroxylation sites is 1. The number of hydrazone groups is 1. The summed E-state index contributed by atoms with van der Waals surface area (Å²) >= 11 is 0. The first-order valence-electron chi connectivity index (χ1n) is 10.7. The molecular weight excluding hydrogens is 503 g/mol. The summed E-state index contributed by atoms with van der Waals surface area (Å²) in [5, 5.41) is 14.6. The van der Waals surface area contributed by atoms with Crippen LogP contribution in [0.1, 0.15) is 5.76 Å². The number of nitrogens with one attached hydrogen (secondary N) is 1. The Morgan fingerprint density at radius 3 is 2.35 bits per heavy atom. The van der Waals surface area contributed by atoms with Gasteiger partial charge in [-0.05, 0) is 48.5 Å². The fraction of sp³-hybridized carbons (Fsp3) is 0.0400. The minimum atomic E-state index is -4.26. The molecule has 0 radical (unpaired) electrons. The van der Waals surface area contributed by atoms with Gasteiger partial charge in [0.15, 0.2) is 0 Å². The van der Waals surface area contributed by atoms with Crippen LogP contribution in [0, 0.1) is 15.9 Å². The molecule has 0 spiro atoms. The SMILES string of the molecule is O=C(CN(c1ccccc1F)S(=O)(=O)c1ccccc1)N/N=C\c1ccc(-c2ccc([N+](=O)[O-])cc2)o1. The zero-order valence-corrected chi connectivity index (χ0v) is 19.8. The van der Waals surface area contributed by atoms with Gasteiger partial charge in [-0.2, -0.15) is 5.10 Å². The molecule has 1 aromatic heterocycles. The van der Waals surface area contributed by atoms with Crippen LogP contribution in [0.4, 0.5) is 15.8 Å². The van der Waals surface area contributed by atoms with Crippen LogP contribution in [0.3, 0.4) is 0 Å². The fourth-order valence-electron chi connectivity index (χ4n) is 3.33. The first-order chi connectivity index (χ1) is 17.8. The highest BCUT2D eigenvalue weighted by Gasteiger charge is 2.29. The fourth-order valence-corrected chi connectivity index (χ4v) is 4.78. The van der Waals surface area contributed by atoms with Crippen molar-refractivity contribution in [2.24, 2.45) is 5.10 Å². The zero-order chi connectivity index (χ0) is 26.4. The summed E-state index contributed by atoms with van der Waals surface area (Å²) in [5.74, 6) is -0.951. The number of nitrogens with zero attached hydrogens (tertiary/aromatic N) is 3. The zero-order valence-electron chi connectivity index (χ0n) is 19.0. The molecule has 4 rings (SSSR count). The van der Waals surface area contributed by atoms with Crippen molar-refractivity contribution >= 4 is 33.5 Å². The van der Waals surface area contributed by atoms with E-state index in [-0.39, 0.29) is 22.0 Å². The molecule has 0 aliphatic rings. The Labute approximate surface area is 210 Å². The first-order valence-corrected chi connectivity index (χ1v) is 12.2. The summed E-state index contributed by atoms with van der Waals surface area (Å²) in [4.78, 5) is 22.8. The van der Waals surface area contributed by atoms with E-state index in [1.54, 1.807) is 18.2 Å². The van der Waals surface area contributed by atoms with Crippen molar-refractivity contribution in [2.45, 2.75) is 4.90 Å². The number of hydrogen-bond acceptors (Lipinski definition) is 7. The lowest BCUT2D eigenvalue weighted by molar-refractivity contribution is -0.384.